The van der Waals surface area contributed by atoms with Gasteiger partial charge in [-0.1, -0.05) is 12.1 Å². The molecule has 138 valence electrons. The number of rotatable bonds is 4. The molecular formula is C21H21N3O3. The molecule has 6 heteroatoms. The van der Waals surface area contributed by atoms with Gasteiger partial charge in [0, 0.05) is 30.1 Å². The molecule has 4 rings (SSSR count). The van der Waals surface area contributed by atoms with Gasteiger partial charge >= 0.3 is 0 Å². The highest BCUT2D eigenvalue weighted by Gasteiger charge is 2.32. The maximum absolute atomic E-state index is 12.8. The summed E-state index contributed by atoms with van der Waals surface area (Å²) in [6.07, 6.45) is 2.18. The van der Waals surface area contributed by atoms with E-state index < -0.39 is 0 Å². The molecule has 0 radical (unpaired) electrons. The minimum Gasteiger partial charge on any atom is -0.436 e. The van der Waals surface area contributed by atoms with Gasteiger partial charge in [0.2, 0.25) is 11.8 Å². The third kappa shape index (κ3) is 3.30. The monoisotopic (exact) mass is 363 g/mol. The van der Waals surface area contributed by atoms with Crippen LogP contribution in [0.25, 0.3) is 22.6 Å². The number of aromatic nitrogens is 1. The number of nitrogens with zero attached hydrogens (tertiary/aromatic N) is 2. The van der Waals surface area contributed by atoms with E-state index in [0.717, 1.165) is 29.5 Å². The minimum atomic E-state index is -0.277. The highest BCUT2D eigenvalue weighted by atomic mass is 16.3. The molecule has 2 N–H and O–H groups in total. The molecule has 1 saturated carbocycles. The quantitative estimate of drug-likeness (QED) is 0.771. The van der Waals surface area contributed by atoms with Crippen molar-refractivity contribution in [3.63, 3.8) is 0 Å². The smallest absolute Gasteiger partial charge is 0.253 e. The van der Waals surface area contributed by atoms with Crippen molar-refractivity contribution in [1.29, 1.82) is 0 Å². The number of primary amides is 1. The first-order valence-electron chi connectivity index (χ1n) is 9.05. The van der Waals surface area contributed by atoms with Gasteiger partial charge in [-0.2, -0.15) is 0 Å². The fourth-order valence-electron chi connectivity index (χ4n) is 3.69. The molecule has 6 nitrogen and oxygen atoms in total. The molecule has 3 aromatic rings. The van der Waals surface area contributed by atoms with Crippen LogP contribution < -0.4 is 5.73 Å². The lowest BCUT2D eigenvalue weighted by Crippen LogP contribution is -2.36. The van der Waals surface area contributed by atoms with Crippen molar-refractivity contribution in [2.45, 2.75) is 25.3 Å². The van der Waals surface area contributed by atoms with E-state index in [0.29, 0.717) is 17.9 Å². The second-order valence-corrected chi connectivity index (χ2v) is 7.05. The van der Waals surface area contributed by atoms with Crippen molar-refractivity contribution in [2.24, 2.45) is 11.7 Å². The van der Waals surface area contributed by atoms with Crippen LogP contribution in [0.1, 0.15) is 29.6 Å². The molecule has 1 aliphatic rings. The van der Waals surface area contributed by atoms with Crippen LogP contribution in [0, 0.1) is 5.92 Å². The number of hydrogen-bond donors (Lipinski definition) is 1. The van der Waals surface area contributed by atoms with Gasteiger partial charge in [-0.3, -0.25) is 9.59 Å². The van der Waals surface area contributed by atoms with Gasteiger partial charge in [-0.25, -0.2) is 4.98 Å². The third-order valence-corrected chi connectivity index (χ3v) is 5.35. The molecule has 2 amide bonds. The molecule has 1 fully saturated rings. The molecule has 1 aromatic heterocycles. The van der Waals surface area contributed by atoms with Crippen molar-refractivity contribution in [3.8, 4) is 11.5 Å². The maximum atomic E-state index is 12.8. The number of carbonyl (C=O) groups is 2. The molecule has 0 aliphatic heterocycles. The topological polar surface area (TPSA) is 89.4 Å². The largest absolute Gasteiger partial charge is 0.436 e. The average molecular weight is 363 g/mol. The summed E-state index contributed by atoms with van der Waals surface area (Å²) in [4.78, 5) is 30.3. The van der Waals surface area contributed by atoms with Crippen LogP contribution in [-0.4, -0.2) is 34.8 Å². The normalized spacial score (nSPS) is 19.3. The van der Waals surface area contributed by atoms with Gasteiger partial charge in [0.25, 0.3) is 5.91 Å². The van der Waals surface area contributed by atoms with E-state index in [1.165, 1.54) is 0 Å². The van der Waals surface area contributed by atoms with Crippen LogP contribution in [-0.2, 0) is 4.79 Å². The number of fused-ring (bicyclic) bond motifs is 1. The first kappa shape index (κ1) is 17.3. The molecular weight excluding hydrogens is 342 g/mol. The van der Waals surface area contributed by atoms with Crippen molar-refractivity contribution >= 4 is 22.9 Å². The summed E-state index contributed by atoms with van der Waals surface area (Å²) >= 11 is 0. The lowest BCUT2D eigenvalue weighted by Gasteiger charge is -2.24. The predicted molar refractivity (Wildman–Crippen MR) is 102 cm³/mol. The lowest BCUT2D eigenvalue weighted by atomic mass is 10.1. The Labute approximate surface area is 157 Å². The lowest BCUT2D eigenvalue weighted by molar-refractivity contribution is -0.121. The van der Waals surface area contributed by atoms with Crippen LogP contribution in [0.15, 0.2) is 52.9 Å². The summed E-state index contributed by atoms with van der Waals surface area (Å²) in [6.45, 7) is 0. The molecule has 0 saturated heterocycles. The highest BCUT2D eigenvalue weighted by molar-refractivity contribution is 5.94. The van der Waals surface area contributed by atoms with Gasteiger partial charge in [-0.15, -0.1) is 0 Å². The summed E-state index contributed by atoms with van der Waals surface area (Å²) in [5.41, 5.74) is 8.34. The second kappa shape index (κ2) is 6.87. The summed E-state index contributed by atoms with van der Waals surface area (Å²) in [5, 5.41) is 0. The van der Waals surface area contributed by atoms with Gasteiger partial charge < -0.3 is 15.1 Å². The summed E-state index contributed by atoms with van der Waals surface area (Å²) in [5.74, 6) is 0.0608. The molecule has 0 spiro atoms. The number of carbonyl (C=O) groups excluding carboxylic acids is 2. The number of amides is 2. The first-order chi connectivity index (χ1) is 13.0. The molecule has 1 aliphatic carbocycles. The second-order valence-electron chi connectivity index (χ2n) is 7.05. The molecule has 1 heterocycles. The fraction of sp³-hybridized carbons (Fsp3) is 0.286. The number of oxazole rings is 1. The Kier molecular flexibility index (Phi) is 4.39. The van der Waals surface area contributed by atoms with Crippen molar-refractivity contribution in [2.75, 3.05) is 7.05 Å². The summed E-state index contributed by atoms with van der Waals surface area (Å²) in [7, 11) is 1.78. The number of hydrogen-bond acceptors (Lipinski definition) is 4. The standard InChI is InChI=1S/C21H21N3O3/c1-24(16-11-10-15(12-16)19(22)25)21(26)14-8-6-13(7-9-14)20-23-17-4-2-3-5-18(17)27-20/h2-9,15-16H,10-12H2,1H3,(H2,22,25)/t15-,16?/m0/s1. The van der Waals surface area contributed by atoms with Crippen LogP contribution in [0.5, 0.6) is 0 Å². The SMILES string of the molecule is CN(C(=O)c1ccc(-c2nc3ccccc3o2)cc1)C1CC[C@H](C(N)=O)C1. The zero-order chi connectivity index (χ0) is 19.0. The van der Waals surface area contributed by atoms with Crippen LogP contribution in [0.4, 0.5) is 0 Å². The first-order valence-corrected chi connectivity index (χ1v) is 9.05. The van der Waals surface area contributed by atoms with Crippen molar-refractivity contribution < 1.29 is 14.0 Å². The van der Waals surface area contributed by atoms with Crippen LogP contribution in [0.2, 0.25) is 0 Å². The predicted octanol–water partition coefficient (Wildman–Crippen LogP) is 3.22. The van der Waals surface area contributed by atoms with Gasteiger partial charge in [0.1, 0.15) is 5.52 Å². The number of benzene rings is 2. The van der Waals surface area contributed by atoms with E-state index >= 15 is 0 Å². The maximum Gasteiger partial charge on any atom is 0.253 e. The molecule has 2 aromatic carbocycles. The Morgan fingerprint density at radius 3 is 2.52 bits per heavy atom. The zero-order valence-electron chi connectivity index (χ0n) is 15.1. The number of para-hydroxylation sites is 2. The Morgan fingerprint density at radius 2 is 1.85 bits per heavy atom. The Balaban J connectivity index is 1.50. The van der Waals surface area contributed by atoms with E-state index in [1.807, 2.05) is 36.4 Å². The highest BCUT2D eigenvalue weighted by Crippen LogP contribution is 2.30. The van der Waals surface area contributed by atoms with Crippen LogP contribution >= 0.6 is 0 Å². The van der Waals surface area contributed by atoms with Gasteiger partial charge in [-0.05, 0) is 55.7 Å². The number of nitrogens with two attached hydrogens (primary N) is 1. The van der Waals surface area contributed by atoms with E-state index in [9.17, 15) is 9.59 Å². The van der Waals surface area contributed by atoms with Crippen molar-refractivity contribution in [3.05, 3.63) is 54.1 Å². The van der Waals surface area contributed by atoms with E-state index in [1.54, 1.807) is 24.1 Å². The Hall–Kier alpha value is -3.15. The third-order valence-electron chi connectivity index (χ3n) is 5.35. The van der Waals surface area contributed by atoms with Gasteiger partial charge in [0.05, 0.1) is 0 Å². The zero-order valence-corrected chi connectivity index (χ0v) is 15.1. The fourth-order valence-corrected chi connectivity index (χ4v) is 3.69. The molecule has 2 atom stereocenters. The van der Waals surface area contributed by atoms with E-state index in [2.05, 4.69) is 4.98 Å². The van der Waals surface area contributed by atoms with Crippen molar-refractivity contribution in [1.82, 2.24) is 9.88 Å². The molecule has 1 unspecified atom stereocenters. The summed E-state index contributed by atoms with van der Waals surface area (Å²) < 4.78 is 5.77. The molecule has 27 heavy (non-hydrogen) atoms. The minimum absolute atomic E-state index is 0.0479. The Bertz CT molecular complexity index is 960. The summed E-state index contributed by atoms with van der Waals surface area (Å²) in [6, 6.07) is 14.9. The van der Waals surface area contributed by atoms with E-state index in [4.69, 9.17) is 10.2 Å². The van der Waals surface area contributed by atoms with E-state index in [-0.39, 0.29) is 23.8 Å². The Morgan fingerprint density at radius 1 is 1.11 bits per heavy atom. The van der Waals surface area contributed by atoms with Gasteiger partial charge in [0.15, 0.2) is 5.58 Å². The average Bonchev–Trinajstić information content (AvgIpc) is 3.34. The van der Waals surface area contributed by atoms with Crippen LogP contribution in [0.3, 0.4) is 0 Å². The molecule has 0 bridgehead atoms.